The zero-order chi connectivity index (χ0) is 14.4. The zero-order valence-corrected chi connectivity index (χ0v) is 11.0. The van der Waals surface area contributed by atoms with E-state index in [2.05, 4.69) is 19.5 Å². The Morgan fingerprint density at radius 3 is 2.75 bits per heavy atom. The van der Waals surface area contributed by atoms with Gasteiger partial charge in [-0.25, -0.2) is 8.42 Å². The van der Waals surface area contributed by atoms with E-state index in [1.54, 1.807) is 0 Å². The van der Waals surface area contributed by atoms with E-state index >= 15 is 0 Å². The summed E-state index contributed by atoms with van der Waals surface area (Å²) in [5, 5.41) is 2.42. The maximum absolute atomic E-state index is 12.9. The molecule has 2 aliphatic rings. The monoisotopic (exact) mass is 306 g/mol. The third-order valence-corrected chi connectivity index (χ3v) is 4.92. The van der Waals surface area contributed by atoms with Crippen LogP contribution in [-0.2, 0) is 10.0 Å². The minimum absolute atomic E-state index is 0.125. The van der Waals surface area contributed by atoms with Gasteiger partial charge in [0.25, 0.3) is 0 Å². The SMILES string of the molecule is O=S(=O)(Nc1ccc2c(c1)OC(F)(F)O2)C1CCNC1. The summed E-state index contributed by atoms with van der Waals surface area (Å²) in [6.07, 6.45) is -3.20. The summed E-state index contributed by atoms with van der Waals surface area (Å²) in [6, 6.07) is 3.76. The number of alkyl halides is 2. The summed E-state index contributed by atoms with van der Waals surface area (Å²) in [4.78, 5) is 0. The summed E-state index contributed by atoms with van der Waals surface area (Å²) < 4.78 is 60.7. The van der Waals surface area contributed by atoms with Gasteiger partial charge < -0.3 is 14.8 Å². The molecule has 0 radical (unpaired) electrons. The largest absolute Gasteiger partial charge is 0.586 e. The number of sulfonamides is 1. The molecule has 0 bridgehead atoms. The van der Waals surface area contributed by atoms with Crippen molar-refractivity contribution in [2.75, 3.05) is 17.8 Å². The topological polar surface area (TPSA) is 76.7 Å². The van der Waals surface area contributed by atoms with Crippen molar-refractivity contribution < 1.29 is 26.7 Å². The first-order valence-corrected chi connectivity index (χ1v) is 7.53. The first kappa shape index (κ1) is 13.4. The number of benzene rings is 1. The number of nitrogens with one attached hydrogen (secondary N) is 2. The first-order valence-electron chi connectivity index (χ1n) is 5.98. The summed E-state index contributed by atoms with van der Waals surface area (Å²) in [5.41, 5.74) is 0.164. The average Bonchev–Trinajstić information content (AvgIpc) is 2.93. The Morgan fingerprint density at radius 1 is 1.30 bits per heavy atom. The molecule has 0 spiro atoms. The summed E-state index contributed by atoms with van der Waals surface area (Å²) in [7, 11) is -3.56. The second-order valence-corrected chi connectivity index (χ2v) is 6.55. The molecule has 1 saturated heterocycles. The highest BCUT2D eigenvalue weighted by atomic mass is 32.2. The third-order valence-electron chi connectivity index (χ3n) is 3.12. The molecule has 0 aromatic heterocycles. The van der Waals surface area contributed by atoms with Crippen LogP contribution < -0.4 is 19.5 Å². The van der Waals surface area contributed by atoms with Crippen LogP contribution in [0.5, 0.6) is 11.5 Å². The Balaban J connectivity index is 1.80. The number of ether oxygens (including phenoxy) is 2. The average molecular weight is 306 g/mol. The van der Waals surface area contributed by atoms with E-state index in [-0.39, 0.29) is 17.2 Å². The molecule has 1 aromatic rings. The van der Waals surface area contributed by atoms with Gasteiger partial charge in [-0.05, 0) is 25.1 Å². The van der Waals surface area contributed by atoms with E-state index in [0.717, 1.165) is 0 Å². The van der Waals surface area contributed by atoms with Crippen LogP contribution in [0.2, 0.25) is 0 Å². The molecule has 1 fully saturated rings. The van der Waals surface area contributed by atoms with Crippen LogP contribution >= 0.6 is 0 Å². The molecule has 2 heterocycles. The smallest absolute Gasteiger partial charge is 0.395 e. The van der Waals surface area contributed by atoms with Crippen LogP contribution in [0.3, 0.4) is 0 Å². The fraction of sp³-hybridized carbons (Fsp3) is 0.455. The molecule has 0 aliphatic carbocycles. The summed E-state index contributed by atoms with van der Waals surface area (Å²) >= 11 is 0. The van der Waals surface area contributed by atoms with E-state index in [9.17, 15) is 17.2 Å². The van der Waals surface area contributed by atoms with Crippen molar-refractivity contribution in [2.24, 2.45) is 0 Å². The molecular weight excluding hydrogens is 294 g/mol. The third kappa shape index (κ3) is 2.50. The van der Waals surface area contributed by atoms with Gasteiger partial charge in [-0.3, -0.25) is 4.72 Å². The van der Waals surface area contributed by atoms with Crippen LogP contribution in [0, 0.1) is 0 Å². The number of rotatable bonds is 3. The zero-order valence-electron chi connectivity index (χ0n) is 10.2. The molecule has 110 valence electrons. The number of halogens is 2. The highest BCUT2D eigenvalue weighted by Gasteiger charge is 2.43. The molecule has 2 aliphatic heterocycles. The lowest BCUT2D eigenvalue weighted by molar-refractivity contribution is -0.286. The van der Waals surface area contributed by atoms with Gasteiger partial charge >= 0.3 is 6.29 Å². The fourth-order valence-corrected chi connectivity index (χ4v) is 3.54. The van der Waals surface area contributed by atoms with E-state index in [1.165, 1.54) is 18.2 Å². The fourth-order valence-electron chi connectivity index (χ4n) is 2.15. The second-order valence-electron chi connectivity index (χ2n) is 4.59. The minimum Gasteiger partial charge on any atom is -0.395 e. The summed E-state index contributed by atoms with van der Waals surface area (Å²) in [5.74, 6) is -0.319. The molecule has 20 heavy (non-hydrogen) atoms. The maximum Gasteiger partial charge on any atom is 0.586 e. The molecule has 1 atom stereocenters. The Bertz CT molecular complexity index is 629. The van der Waals surface area contributed by atoms with Gasteiger partial charge in [0.2, 0.25) is 10.0 Å². The Kier molecular flexibility index (Phi) is 2.98. The van der Waals surface area contributed by atoms with Crippen LogP contribution in [0.15, 0.2) is 18.2 Å². The van der Waals surface area contributed by atoms with Crippen molar-refractivity contribution in [3.05, 3.63) is 18.2 Å². The Morgan fingerprint density at radius 2 is 2.05 bits per heavy atom. The molecule has 0 saturated carbocycles. The second kappa shape index (κ2) is 4.45. The quantitative estimate of drug-likeness (QED) is 0.875. The number of fused-ring (bicyclic) bond motifs is 1. The van der Waals surface area contributed by atoms with Crippen molar-refractivity contribution in [1.82, 2.24) is 5.32 Å². The molecule has 2 N–H and O–H groups in total. The van der Waals surface area contributed by atoms with E-state index in [4.69, 9.17) is 0 Å². The van der Waals surface area contributed by atoms with E-state index in [1.807, 2.05) is 0 Å². The Labute approximate surface area is 114 Å². The number of anilines is 1. The molecule has 3 rings (SSSR count). The first-order chi connectivity index (χ1) is 9.36. The van der Waals surface area contributed by atoms with Gasteiger partial charge in [-0.1, -0.05) is 0 Å². The van der Waals surface area contributed by atoms with Crippen LogP contribution in [-0.4, -0.2) is 33.1 Å². The maximum atomic E-state index is 12.9. The van der Waals surface area contributed by atoms with Crippen molar-refractivity contribution in [3.8, 4) is 11.5 Å². The van der Waals surface area contributed by atoms with Crippen molar-refractivity contribution in [2.45, 2.75) is 18.0 Å². The van der Waals surface area contributed by atoms with Crippen molar-refractivity contribution in [3.63, 3.8) is 0 Å². The van der Waals surface area contributed by atoms with Gasteiger partial charge in [0.15, 0.2) is 11.5 Å². The van der Waals surface area contributed by atoms with Crippen LogP contribution in [0.1, 0.15) is 6.42 Å². The lowest BCUT2D eigenvalue weighted by Gasteiger charge is -2.13. The predicted octanol–water partition coefficient (Wildman–Crippen LogP) is 1.11. The molecule has 1 aromatic carbocycles. The van der Waals surface area contributed by atoms with Gasteiger partial charge in [0.05, 0.1) is 10.9 Å². The number of hydrogen-bond acceptors (Lipinski definition) is 5. The van der Waals surface area contributed by atoms with Gasteiger partial charge in [-0.2, -0.15) is 0 Å². The highest BCUT2D eigenvalue weighted by Crippen LogP contribution is 2.42. The van der Waals surface area contributed by atoms with E-state index in [0.29, 0.717) is 19.5 Å². The molecule has 1 unspecified atom stereocenters. The molecule has 0 amide bonds. The summed E-state index contributed by atoms with van der Waals surface area (Å²) in [6.45, 7) is 1.01. The number of hydrogen-bond donors (Lipinski definition) is 2. The van der Waals surface area contributed by atoms with Crippen molar-refractivity contribution >= 4 is 15.7 Å². The van der Waals surface area contributed by atoms with Gasteiger partial charge in [0.1, 0.15) is 0 Å². The van der Waals surface area contributed by atoms with Crippen LogP contribution in [0.4, 0.5) is 14.5 Å². The molecule has 9 heteroatoms. The van der Waals surface area contributed by atoms with Gasteiger partial charge in [0, 0.05) is 12.6 Å². The molecular formula is C11H12F2N2O4S. The van der Waals surface area contributed by atoms with Crippen molar-refractivity contribution in [1.29, 1.82) is 0 Å². The van der Waals surface area contributed by atoms with E-state index < -0.39 is 21.6 Å². The lowest BCUT2D eigenvalue weighted by Crippen LogP contribution is -2.29. The standard InChI is InChI=1S/C11H12F2N2O4S/c12-11(13)18-9-2-1-7(5-10(9)19-11)15-20(16,17)8-3-4-14-6-8/h1-2,5,8,14-15H,3-4,6H2. The lowest BCUT2D eigenvalue weighted by atomic mass is 10.3. The minimum atomic E-state index is -3.71. The van der Waals surface area contributed by atoms with Gasteiger partial charge in [-0.15, -0.1) is 8.78 Å². The van der Waals surface area contributed by atoms with Crippen LogP contribution in [0.25, 0.3) is 0 Å². The Hall–Kier alpha value is -1.61. The highest BCUT2D eigenvalue weighted by molar-refractivity contribution is 7.93. The predicted molar refractivity (Wildman–Crippen MR) is 66.5 cm³/mol. The normalized spacial score (nSPS) is 23.8. The molecule has 6 nitrogen and oxygen atoms in total.